The largest absolute Gasteiger partial charge is 0.354 e. The highest BCUT2D eigenvalue weighted by atomic mass is 127. The molecule has 0 aliphatic heterocycles. The molecule has 0 aromatic carbocycles. The minimum Gasteiger partial charge on any atom is -0.354 e. The van der Waals surface area contributed by atoms with E-state index in [4.69, 9.17) is 11.6 Å². The lowest BCUT2D eigenvalue weighted by Crippen LogP contribution is -2.40. The van der Waals surface area contributed by atoms with Crippen molar-refractivity contribution < 1.29 is 0 Å². The summed E-state index contributed by atoms with van der Waals surface area (Å²) in [6, 6.07) is 1.96. The van der Waals surface area contributed by atoms with Crippen molar-refractivity contribution in [2.45, 2.75) is 13.1 Å². The zero-order chi connectivity index (χ0) is 15.2. The van der Waals surface area contributed by atoms with Crippen LogP contribution >= 0.6 is 35.6 Å². The molecule has 22 heavy (non-hydrogen) atoms. The molecule has 122 valence electrons. The molecule has 0 unspecified atom stereocenters. The number of aromatic nitrogens is 4. The van der Waals surface area contributed by atoms with Gasteiger partial charge in [0.1, 0.15) is 12.7 Å². The summed E-state index contributed by atoms with van der Waals surface area (Å²) in [7, 11) is 5.74. The van der Waals surface area contributed by atoms with Crippen LogP contribution < -0.4 is 5.32 Å². The molecule has 0 radical (unpaired) electrons. The first-order chi connectivity index (χ1) is 10.1. The Balaban J connectivity index is 0.00000242. The van der Waals surface area contributed by atoms with Crippen molar-refractivity contribution in [1.29, 1.82) is 0 Å². The van der Waals surface area contributed by atoms with Gasteiger partial charge in [0, 0.05) is 39.6 Å². The predicted molar refractivity (Wildman–Crippen MR) is 98.7 cm³/mol. The Hall–Kier alpha value is -1.29. The van der Waals surface area contributed by atoms with Crippen LogP contribution in [-0.4, -0.2) is 50.8 Å². The molecule has 2 rings (SSSR count). The van der Waals surface area contributed by atoms with E-state index >= 15 is 0 Å². The van der Waals surface area contributed by atoms with E-state index in [-0.39, 0.29) is 24.0 Å². The summed E-state index contributed by atoms with van der Waals surface area (Å²) in [6.45, 7) is 2.20. The highest BCUT2D eigenvalue weighted by Gasteiger charge is 2.09. The molecule has 9 heteroatoms. The van der Waals surface area contributed by atoms with Crippen LogP contribution in [0.4, 0.5) is 0 Å². The summed E-state index contributed by atoms with van der Waals surface area (Å²) in [6.07, 6.45) is 5.12. The van der Waals surface area contributed by atoms with E-state index in [1.165, 1.54) is 6.33 Å². The second-order valence-electron chi connectivity index (χ2n) is 4.75. The van der Waals surface area contributed by atoms with Crippen LogP contribution in [0.3, 0.4) is 0 Å². The number of guanidine groups is 1. The van der Waals surface area contributed by atoms with Crippen molar-refractivity contribution in [1.82, 2.24) is 29.5 Å². The van der Waals surface area contributed by atoms with Gasteiger partial charge in [0.25, 0.3) is 0 Å². The average molecular weight is 438 g/mol. The molecule has 2 heterocycles. The Kier molecular flexibility index (Phi) is 7.66. The Labute approximate surface area is 152 Å². The van der Waals surface area contributed by atoms with Crippen molar-refractivity contribution in [3.8, 4) is 0 Å². The molecule has 0 amide bonds. The van der Waals surface area contributed by atoms with Gasteiger partial charge in [-0.1, -0.05) is 11.6 Å². The number of nitrogens with one attached hydrogen (secondary N) is 1. The highest BCUT2D eigenvalue weighted by Crippen LogP contribution is 2.14. The van der Waals surface area contributed by atoms with Crippen molar-refractivity contribution in [2.24, 2.45) is 12.0 Å². The molecule has 0 saturated heterocycles. The van der Waals surface area contributed by atoms with Gasteiger partial charge in [0.05, 0.1) is 18.1 Å². The molecule has 0 atom stereocenters. The van der Waals surface area contributed by atoms with Crippen LogP contribution in [0.2, 0.25) is 5.02 Å². The lowest BCUT2D eigenvalue weighted by atomic mass is 10.4. The van der Waals surface area contributed by atoms with E-state index < -0.39 is 0 Å². The molecular formula is C13H21ClIN7. The van der Waals surface area contributed by atoms with E-state index in [1.54, 1.807) is 18.1 Å². The zero-order valence-electron chi connectivity index (χ0n) is 12.9. The normalized spacial score (nSPS) is 11.2. The summed E-state index contributed by atoms with van der Waals surface area (Å²) in [5, 5.41) is 8.10. The van der Waals surface area contributed by atoms with Gasteiger partial charge >= 0.3 is 0 Å². The summed E-state index contributed by atoms with van der Waals surface area (Å²) in [5.74, 6) is 0.826. The Morgan fingerprint density at radius 2 is 2.27 bits per heavy atom. The maximum Gasteiger partial charge on any atom is 0.193 e. The first-order valence-electron chi connectivity index (χ1n) is 6.65. The second kappa shape index (κ2) is 8.99. The fraction of sp³-hybridized carbons (Fsp3) is 0.462. The van der Waals surface area contributed by atoms with Gasteiger partial charge in [-0.2, -0.15) is 5.10 Å². The fourth-order valence-corrected chi connectivity index (χ4v) is 2.33. The molecule has 0 aliphatic carbocycles. The Morgan fingerprint density at radius 1 is 1.50 bits per heavy atom. The topological polar surface area (TPSA) is 63.3 Å². The van der Waals surface area contributed by atoms with Crippen LogP contribution in [0.5, 0.6) is 0 Å². The number of aryl methyl sites for hydroxylation is 1. The second-order valence-corrected chi connectivity index (χ2v) is 5.19. The van der Waals surface area contributed by atoms with Gasteiger partial charge in [-0.15, -0.1) is 24.0 Å². The molecule has 0 aliphatic rings. The molecular weight excluding hydrogens is 417 g/mol. The summed E-state index contributed by atoms with van der Waals surface area (Å²) < 4.78 is 3.79. The van der Waals surface area contributed by atoms with E-state index in [0.29, 0.717) is 0 Å². The molecule has 2 aromatic heterocycles. The van der Waals surface area contributed by atoms with Gasteiger partial charge in [-0.3, -0.25) is 9.67 Å². The Bertz CT molecular complexity index is 594. The van der Waals surface area contributed by atoms with Crippen molar-refractivity contribution in [3.63, 3.8) is 0 Å². The zero-order valence-corrected chi connectivity index (χ0v) is 16.0. The van der Waals surface area contributed by atoms with E-state index in [0.717, 1.165) is 36.3 Å². The average Bonchev–Trinajstić information content (AvgIpc) is 3.05. The van der Waals surface area contributed by atoms with Gasteiger partial charge in [-0.05, 0) is 6.07 Å². The molecule has 2 aromatic rings. The number of hydrogen-bond donors (Lipinski definition) is 1. The molecule has 0 fully saturated rings. The van der Waals surface area contributed by atoms with E-state index in [9.17, 15) is 0 Å². The first kappa shape index (κ1) is 18.8. The van der Waals surface area contributed by atoms with Gasteiger partial charge in [0.15, 0.2) is 5.96 Å². The third-order valence-corrected chi connectivity index (χ3v) is 3.34. The molecule has 0 saturated carbocycles. The predicted octanol–water partition coefficient (Wildman–Crippen LogP) is 1.60. The lowest BCUT2D eigenvalue weighted by molar-refractivity contribution is 0.457. The van der Waals surface area contributed by atoms with Crippen LogP contribution in [0.15, 0.2) is 29.9 Å². The molecule has 0 spiro atoms. The first-order valence-corrected chi connectivity index (χ1v) is 7.03. The van der Waals surface area contributed by atoms with Gasteiger partial charge < -0.3 is 14.8 Å². The maximum atomic E-state index is 6.00. The monoisotopic (exact) mass is 437 g/mol. The lowest BCUT2D eigenvalue weighted by Gasteiger charge is -2.22. The summed E-state index contributed by atoms with van der Waals surface area (Å²) in [5.41, 5.74) is 1.13. The molecule has 7 nitrogen and oxygen atoms in total. The van der Waals surface area contributed by atoms with Gasteiger partial charge in [0.2, 0.25) is 0 Å². The maximum absolute atomic E-state index is 6.00. The van der Waals surface area contributed by atoms with Crippen LogP contribution in [0.1, 0.15) is 5.69 Å². The van der Waals surface area contributed by atoms with Crippen molar-refractivity contribution >= 4 is 41.5 Å². The number of rotatable bonds is 5. The van der Waals surface area contributed by atoms with Crippen LogP contribution in [0.25, 0.3) is 0 Å². The van der Waals surface area contributed by atoms with Crippen LogP contribution in [-0.2, 0) is 20.1 Å². The smallest absolute Gasteiger partial charge is 0.193 e. The summed E-state index contributed by atoms with van der Waals surface area (Å²) >= 11 is 6.00. The molecule has 0 bridgehead atoms. The minimum atomic E-state index is 0. The fourth-order valence-electron chi connectivity index (χ4n) is 2.06. The number of halogens is 2. The van der Waals surface area contributed by atoms with Crippen molar-refractivity contribution in [2.75, 3.05) is 20.6 Å². The van der Waals surface area contributed by atoms with Crippen LogP contribution in [0, 0.1) is 0 Å². The quantitative estimate of drug-likeness (QED) is 0.438. The minimum absolute atomic E-state index is 0. The SMILES string of the molecule is CN=C(NCCn1cncn1)N(C)Cc1cc(Cl)cn1C.I. The number of nitrogens with zero attached hydrogens (tertiary/aromatic N) is 6. The Morgan fingerprint density at radius 3 is 2.82 bits per heavy atom. The third-order valence-electron chi connectivity index (χ3n) is 3.14. The highest BCUT2D eigenvalue weighted by molar-refractivity contribution is 14.0. The standard InChI is InChI=1S/C13H20ClN7.HI/c1-15-13(17-4-5-21-10-16-9-18-21)20(3)8-12-6-11(14)7-19(12)2;/h6-7,9-10H,4-5,8H2,1-3H3,(H,15,17);1H. The van der Waals surface area contributed by atoms with E-state index in [2.05, 4.69) is 20.4 Å². The van der Waals surface area contributed by atoms with E-state index in [1.807, 2.05) is 35.8 Å². The van der Waals surface area contributed by atoms with Crippen molar-refractivity contribution in [3.05, 3.63) is 35.6 Å². The number of aliphatic imine (C=N–C) groups is 1. The molecule has 1 N–H and O–H groups in total. The number of hydrogen-bond acceptors (Lipinski definition) is 3. The third kappa shape index (κ3) is 5.16. The summed E-state index contributed by atoms with van der Waals surface area (Å²) in [4.78, 5) is 10.2. The van der Waals surface area contributed by atoms with Gasteiger partial charge in [-0.25, -0.2) is 4.98 Å².